The van der Waals surface area contributed by atoms with Crippen LogP contribution in [0.5, 0.6) is 0 Å². The number of carbonyl (C=O) groups excluding carboxylic acids is 1. The van der Waals surface area contributed by atoms with Crippen LogP contribution in [0.4, 0.5) is 22.7 Å². The Bertz CT molecular complexity index is 1200. The van der Waals surface area contributed by atoms with Gasteiger partial charge in [0, 0.05) is 32.7 Å². The Morgan fingerprint density at radius 3 is 2.76 bits per heavy atom. The third-order valence-corrected chi connectivity index (χ3v) is 6.46. The van der Waals surface area contributed by atoms with Crippen LogP contribution in [0.1, 0.15) is 21.1 Å². The zero-order chi connectivity index (χ0) is 24.1. The normalized spacial score (nSPS) is 14.0. The number of aryl methyl sites for hydroxylation is 1. The van der Waals surface area contributed by atoms with Gasteiger partial charge >= 0.3 is 0 Å². The monoisotopic (exact) mass is 498 g/mol. The Morgan fingerprint density at radius 2 is 2.06 bits per heavy atom. The zero-order valence-corrected chi connectivity index (χ0v) is 20.0. The molecule has 12 heteroatoms. The molecule has 34 heavy (non-hydrogen) atoms. The number of terminal acetylenes is 1. The molecule has 1 aliphatic heterocycles. The highest BCUT2D eigenvalue weighted by molar-refractivity contribution is 7.17. The van der Waals surface area contributed by atoms with Crippen LogP contribution in [0.3, 0.4) is 0 Å². The summed E-state index contributed by atoms with van der Waals surface area (Å²) in [6, 6.07) is 5.41. The third kappa shape index (κ3) is 5.60. The average molecular weight is 499 g/mol. The molecule has 1 fully saturated rings. The molecule has 1 aliphatic rings. The lowest BCUT2D eigenvalue weighted by atomic mass is 10.2. The minimum Gasteiger partial charge on any atom is -0.395 e. The Labute approximate surface area is 206 Å². The summed E-state index contributed by atoms with van der Waals surface area (Å²) < 4.78 is 0. The number of aliphatic hydroxyl groups is 1. The van der Waals surface area contributed by atoms with Gasteiger partial charge in [0.2, 0.25) is 17.7 Å². The van der Waals surface area contributed by atoms with Crippen molar-refractivity contribution in [3.05, 3.63) is 45.7 Å². The number of carbonyl (C=O) groups is 1. The number of piperazine rings is 1. The van der Waals surface area contributed by atoms with Gasteiger partial charge in [-0.1, -0.05) is 35.1 Å². The van der Waals surface area contributed by atoms with E-state index in [9.17, 15) is 4.79 Å². The van der Waals surface area contributed by atoms with Gasteiger partial charge in [0.05, 0.1) is 23.5 Å². The van der Waals surface area contributed by atoms with Crippen LogP contribution in [0.15, 0.2) is 24.4 Å². The van der Waals surface area contributed by atoms with Crippen LogP contribution in [-0.4, -0.2) is 75.2 Å². The second kappa shape index (κ2) is 10.8. The lowest BCUT2D eigenvalue weighted by molar-refractivity contribution is 0.103. The smallest absolute Gasteiger partial charge is 0.267 e. The van der Waals surface area contributed by atoms with Crippen LogP contribution >= 0.6 is 22.9 Å². The first-order valence-corrected chi connectivity index (χ1v) is 11.8. The lowest BCUT2D eigenvalue weighted by Crippen LogP contribution is -2.47. The molecule has 1 aromatic carbocycles. The number of thiazole rings is 1. The second-order valence-electron chi connectivity index (χ2n) is 7.52. The first kappa shape index (κ1) is 23.8. The number of β-amino-alcohol motifs (C(OH)–C–C–N with tert-alkyl or cyclic N) is 1. The molecule has 1 amide bonds. The standard InChI is InChI=1S/C22H23ClN8O2S/c1-3-17-25-20(28-21(26-17)31-9-7-30(8-10-31)11-12-32)29-22-24-13-16(34-22)19(33)27-18-14(2)5-4-6-15(18)23/h1,4-6,13,32H,7-12H2,2H3,(H,27,33)(H,24,25,26,28,29). The summed E-state index contributed by atoms with van der Waals surface area (Å²) in [7, 11) is 0. The highest BCUT2D eigenvalue weighted by Gasteiger charge is 2.21. The molecule has 3 N–H and O–H groups in total. The maximum atomic E-state index is 12.7. The van der Waals surface area contributed by atoms with Crippen molar-refractivity contribution in [2.75, 3.05) is 54.9 Å². The number of amides is 1. The molecule has 3 heterocycles. The van der Waals surface area contributed by atoms with E-state index >= 15 is 0 Å². The Hall–Kier alpha value is -3.30. The van der Waals surface area contributed by atoms with E-state index in [0.29, 0.717) is 46.3 Å². The van der Waals surface area contributed by atoms with Crippen molar-refractivity contribution in [3.8, 4) is 12.3 Å². The molecule has 0 aliphatic carbocycles. The summed E-state index contributed by atoms with van der Waals surface area (Å²) in [4.78, 5) is 34.6. The fourth-order valence-electron chi connectivity index (χ4n) is 3.44. The number of para-hydroxylation sites is 1. The van der Waals surface area contributed by atoms with Crippen LogP contribution < -0.4 is 15.5 Å². The number of hydrogen-bond acceptors (Lipinski definition) is 10. The number of rotatable bonds is 7. The van der Waals surface area contributed by atoms with Gasteiger partial charge in [0.15, 0.2) is 5.13 Å². The zero-order valence-electron chi connectivity index (χ0n) is 18.5. The van der Waals surface area contributed by atoms with Gasteiger partial charge in [-0.3, -0.25) is 15.0 Å². The van der Waals surface area contributed by atoms with Crippen LogP contribution in [0.25, 0.3) is 0 Å². The van der Waals surface area contributed by atoms with E-state index in [1.165, 1.54) is 6.20 Å². The lowest BCUT2D eigenvalue weighted by Gasteiger charge is -2.34. The molecular weight excluding hydrogens is 476 g/mol. The van der Waals surface area contributed by atoms with Crippen molar-refractivity contribution in [3.63, 3.8) is 0 Å². The number of benzene rings is 1. The predicted octanol–water partition coefficient (Wildman–Crippen LogP) is 2.38. The topological polar surface area (TPSA) is 119 Å². The van der Waals surface area contributed by atoms with Gasteiger partial charge in [-0.15, -0.1) is 6.42 Å². The highest BCUT2D eigenvalue weighted by atomic mass is 35.5. The molecular formula is C22H23ClN8O2S. The van der Waals surface area contributed by atoms with Gasteiger partial charge in [-0.2, -0.15) is 15.0 Å². The summed E-state index contributed by atoms with van der Waals surface area (Å²) in [6.07, 6.45) is 7.02. The molecule has 1 saturated heterocycles. The van der Waals surface area contributed by atoms with Gasteiger partial charge in [-0.05, 0) is 24.5 Å². The first-order chi connectivity index (χ1) is 16.5. The number of halogens is 1. The van der Waals surface area contributed by atoms with Crippen molar-refractivity contribution in [2.45, 2.75) is 6.92 Å². The van der Waals surface area contributed by atoms with Crippen LogP contribution in [0, 0.1) is 19.3 Å². The van der Waals surface area contributed by atoms with E-state index in [4.69, 9.17) is 23.1 Å². The molecule has 4 rings (SSSR count). The Morgan fingerprint density at radius 1 is 1.26 bits per heavy atom. The fourth-order valence-corrected chi connectivity index (χ4v) is 4.41. The molecule has 10 nitrogen and oxygen atoms in total. The number of nitrogens with one attached hydrogen (secondary N) is 2. The minimum atomic E-state index is -0.317. The number of hydrogen-bond donors (Lipinski definition) is 3. The molecule has 0 radical (unpaired) electrons. The highest BCUT2D eigenvalue weighted by Crippen LogP contribution is 2.28. The first-order valence-electron chi connectivity index (χ1n) is 10.6. The molecule has 0 bridgehead atoms. The number of nitrogens with zero attached hydrogens (tertiary/aromatic N) is 6. The largest absolute Gasteiger partial charge is 0.395 e. The van der Waals surface area contributed by atoms with Gasteiger partial charge in [0.1, 0.15) is 4.88 Å². The second-order valence-corrected chi connectivity index (χ2v) is 8.96. The summed E-state index contributed by atoms with van der Waals surface area (Å²) in [5.41, 5.74) is 1.43. The molecule has 2 aromatic heterocycles. The van der Waals surface area contributed by atoms with E-state index in [0.717, 1.165) is 30.0 Å². The molecule has 3 aromatic rings. The Balaban J connectivity index is 1.46. The maximum absolute atomic E-state index is 12.7. The van der Waals surface area contributed by atoms with Gasteiger partial charge in [-0.25, -0.2) is 4.98 Å². The fraction of sp³-hybridized carbons (Fsp3) is 0.318. The van der Waals surface area contributed by atoms with Crippen molar-refractivity contribution in [1.82, 2.24) is 24.8 Å². The van der Waals surface area contributed by atoms with E-state index in [2.05, 4.69) is 41.4 Å². The average Bonchev–Trinajstić information content (AvgIpc) is 3.30. The summed E-state index contributed by atoms with van der Waals surface area (Å²) in [5.74, 6) is 3.06. The molecule has 0 atom stereocenters. The van der Waals surface area contributed by atoms with Gasteiger partial charge < -0.3 is 15.3 Å². The SMILES string of the molecule is C#Cc1nc(Nc2ncc(C(=O)Nc3c(C)cccc3Cl)s2)nc(N2CCN(CCO)CC2)n1. The van der Waals surface area contributed by atoms with E-state index in [-0.39, 0.29) is 24.3 Å². The molecule has 176 valence electrons. The number of anilines is 4. The van der Waals surface area contributed by atoms with E-state index < -0.39 is 0 Å². The van der Waals surface area contributed by atoms with Crippen molar-refractivity contribution >= 4 is 51.6 Å². The summed E-state index contributed by atoms with van der Waals surface area (Å²) in [6.45, 7) is 5.63. The number of aromatic nitrogens is 4. The maximum Gasteiger partial charge on any atom is 0.267 e. The van der Waals surface area contributed by atoms with Crippen LogP contribution in [0.2, 0.25) is 5.02 Å². The summed E-state index contributed by atoms with van der Waals surface area (Å²) >= 11 is 7.36. The third-order valence-electron chi connectivity index (χ3n) is 5.23. The number of aliphatic hydroxyl groups excluding tert-OH is 1. The minimum absolute atomic E-state index is 0.132. The summed E-state index contributed by atoms with van der Waals surface area (Å²) in [5, 5.41) is 15.9. The van der Waals surface area contributed by atoms with Crippen LogP contribution in [-0.2, 0) is 0 Å². The molecule has 0 spiro atoms. The van der Waals surface area contributed by atoms with Crippen molar-refractivity contribution < 1.29 is 9.90 Å². The van der Waals surface area contributed by atoms with E-state index in [1.54, 1.807) is 6.07 Å². The molecule has 0 saturated carbocycles. The molecule has 0 unspecified atom stereocenters. The van der Waals surface area contributed by atoms with Gasteiger partial charge in [0.25, 0.3) is 5.91 Å². The quantitative estimate of drug-likeness (QED) is 0.422. The Kier molecular flexibility index (Phi) is 7.54. The van der Waals surface area contributed by atoms with E-state index in [1.807, 2.05) is 24.0 Å². The van der Waals surface area contributed by atoms with Crippen molar-refractivity contribution in [1.29, 1.82) is 0 Å². The predicted molar refractivity (Wildman–Crippen MR) is 133 cm³/mol. The van der Waals surface area contributed by atoms with Crippen molar-refractivity contribution in [2.24, 2.45) is 0 Å².